The summed E-state index contributed by atoms with van der Waals surface area (Å²) in [6, 6.07) is 13.3. The van der Waals surface area contributed by atoms with E-state index in [1.54, 1.807) is 17.0 Å². The van der Waals surface area contributed by atoms with Crippen molar-refractivity contribution in [1.29, 1.82) is 0 Å². The number of urea groups is 1. The van der Waals surface area contributed by atoms with Gasteiger partial charge in [0.25, 0.3) is 0 Å². The van der Waals surface area contributed by atoms with Crippen LogP contribution in [0.5, 0.6) is 0 Å². The van der Waals surface area contributed by atoms with Crippen molar-refractivity contribution in [3.8, 4) is 0 Å². The zero-order valence-electron chi connectivity index (χ0n) is 17.5. The van der Waals surface area contributed by atoms with Crippen molar-refractivity contribution in [1.82, 2.24) is 9.80 Å². The van der Waals surface area contributed by atoms with Crippen LogP contribution < -0.4 is 10.6 Å². The molecule has 0 saturated carbocycles. The molecule has 1 saturated heterocycles. The molecule has 0 aromatic heterocycles. The second-order valence-electron chi connectivity index (χ2n) is 7.93. The molecule has 1 aliphatic rings. The molecular weight excluding hydrogens is 383 g/mol. The fourth-order valence-electron chi connectivity index (χ4n) is 3.71. The van der Waals surface area contributed by atoms with Crippen LogP contribution in [0.2, 0.25) is 0 Å². The van der Waals surface area contributed by atoms with E-state index in [0.29, 0.717) is 31.2 Å². The summed E-state index contributed by atoms with van der Waals surface area (Å²) in [5.41, 5.74) is 2.47. The van der Waals surface area contributed by atoms with Crippen LogP contribution in [0.4, 0.5) is 20.6 Å². The quantitative estimate of drug-likeness (QED) is 0.755. The maximum absolute atomic E-state index is 13.0. The standard InChI is InChI=1S/C23H29FN4O2/c1-17-5-3-4-6-21(17)26-22(29)16-27(2)15-18-11-13-28(14-12-18)23(30)25-20-9-7-19(24)8-10-20/h3-10,18H,11-16H2,1-2H3,(H,25,30)(H,26,29). The second kappa shape index (κ2) is 10.2. The molecule has 160 valence electrons. The van der Waals surface area contributed by atoms with Crippen LogP contribution in [-0.4, -0.2) is 55.0 Å². The first-order valence-corrected chi connectivity index (χ1v) is 10.3. The van der Waals surface area contributed by atoms with E-state index < -0.39 is 0 Å². The summed E-state index contributed by atoms with van der Waals surface area (Å²) in [7, 11) is 1.95. The van der Waals surface area contributed by atoms with Gasteiger partial charge in [-0.2, -0.15) is 0 Å². The SMILES string of the molecule is Cc1ccccc1NC(=O)CN(C)CC1CCN(C(=O)Nc2ccc(F)cc2)CC1. The highest BCUT2D eigenvalue weighted by molar-refractivity contribution is 5.93. The molecule has 0 spiro atoms. The van der Waals surface area contributed by atoms with Crippen LogP contribution in [-0.2, 0) is 4.79 Å². The Labute approximate surface area is 177 Å². The third-order valence-corrected chi connectivity index (χ3v) is 5.40. The number of amides is 3. The van der Waals surface area contributed by atoms with Crippen molar-refractivity contribution in [2.75, 3.05) is 43.9 Å². The highest BCUT2D eigenvalue weighted by Crippen LogP contribution is 2.20. The number of para-hydroxylation sites is 1. The zero-order chi connectivity index (χ0) is 21.5. The maximum atomic E-state index is 13.0. The van der Waals surface area contributed by atoms with Crippen LogP contribution in [0.15, 0.2) is 48.5 Å². The minimum absolute atomic E-state index is 0.0251. The normalized spacial score (nSPS) is 14.6. The Kier molecular flexibility index (Phi) is 7.41. The van der Waals surface area contributed by atoms with E-state index >= 15 is 0 Å². The summed E-state index contributed by atoms with van der Waals surface area (Å²) in [6.07, 6.45) is 1.78. The summed E-state index contributed by atoms with van der Waals surface area (Å²) in [6.45, 7) is 4.45. The molecule has 1 heterocycles. The van der Waals surface area contributed by atoms with E-state index in [-0.39, 0.29) is 17.8 Å². The van der Waals surface area contributed by atoms with Crippen molar-refractivity contribution < 1.29 is 14.0 Å². The van der Waals surface area contributed by atoms with Crippen molar-refractivity contribution >= 4 is 23.3 Å². The van der Waals surface area contributed by atoms with Gasteiger partial charge in [0.15, 0.2) is 0 Å². The topological polar surface area (TPSA) is 64.7 Å². The van der Waals surface area contributed by atoms with Gasteiger partial charge in [0.2, 0.25) is 5.91 Å². The highest BCUT2D eigenvalue weighted by Gasteiger charge is 2.24. The fourth-order valence-corrected chi connectivity index (χ4v) is 3.71. The monoisotopic (exact) mass is 412 g/mol. The first-order valence-electron chi connectivity index (χ1n) is 10.3. The number of hydrogen-bond acceptors (Lipinski definition) is 3. The molecule has 0 radical (unpaired) electrons. The summed E-state index contributed by atoms with van der Waals surface area (Å²) >= 11 is 0. The summed E-state index contributed by atoms with van der Waals surface area (Å²) in [4.78, 5) is 28.5. The molecule has 2 aromatic carbocycles. The van der Waals surface area contributed by atoms with Crippen LogP contribution in [0.3, 0.4) is 0 Å². The van der Waals surface area contributed by atoms with Crippen LogP contribution in [0, 0.1) is 18.7 Å². The Morgan fingerprint density at radius 1 is 1.07 bits per heavy atom. The predicted octanol–water partition coefficient (Wildman–Crippen LogP) is 3.95. The predicted molar refractivity (Wildman–Crippen MR) is 117 cm³/mol. The lowest BCUT2D eigenvalue weighted by atomic mass is 9.96. The molecule has 2 N–H and O–H groups in total. The number of anilines is 2. The number of piperidine rings is 1. The molecule has 3 rings (SSSR count). The number of halogens is 1. The highest BCUT2D eigenvalue weighted by atomic mass is 19.1. The van der Waals surface area contributed by atoms with Crippen molar-refractivity contribution in [2.45, 2.75) is 19.8 Å². The molecular formula is C23H29FN4O2. The molecule has 0 bridgehead atoms. The van der Waals surface area contributed by atoms with Crippen molar-refractivity contribution in [3.05, 3.63) is 59.9 Å². The number of likely N-dealkylation sites (N-methyl/N-ethyl adjacent to an activating group) is 1. The molecule has 0 atom stereocenters. The van der Waals surface area contributed by atoms with E-state index in [0.717, 1.165) is 30.6 Å². The van der Waals surface area contributed by atoms with Gasteiger partial charge >= 0.3 is 6.03 Å². The van der Waals surface area contributed by atoms with Crippen LogP contribution >= 0.6 is 0 Å². The average Bonchev–Trinajstić information content (AvgIpc) is 2.72. The Morgan fingerprint density at radius 3 is 2.40 bits per heavy atom. The Hall–Kier alpha value is -2.93. The van der Waals surface area contributed by atoms with Crippen molar-refractivity contribution in [2.24, 2.45) is 5.92 Å². The smallest absolute Gasteiger partial charge is 0.321 e. The van der Waals surface area contributed by atoms with Gasteiger partial charge in [-0.1, -0.05) is 18.2 Å². The summed E-state index contributed by atoms with van der Waals surface area (Å²) in [5, 5.41) is 5.77. The van der Waals surface area contributed by atoms with E-state index in [1.165, 1.54) is 12.1 Å². The maximum Gasteiger partial charge on any atom is 0.321 e. The van der Waals surface area contributed by atoms with E-state index in [2.05, 4.69) is 10.6 Å². The summed E-state index contributed by atoms with van der Waals surface area (Å²) < 4.78 is 13.0. The van der Waals surface area contributed by atoms with Gasteiger partial charge in [-0.3, -0.25) is 9.69 Å². The number of nitrogens with zero attached hydrogens (tertiary/aromatic N) is 2. The molecule has 2 aromatic rings. The first kappa shape index (κ1) is 21.8. The number of rotatable bonds is 6. The number of likely N-dealkylation sites (tertiary alicyclic amines) is 1. The third-order valence-electron chi connectivity index (χ3n) is 5.40. The number of nitrogens with one attached hydrogen (secondary N) is 2. The van der Waals surface area contributed by atoms with Gasteiger partial charge in [-0.05, 0) is 68.6 Å². The zero-order valence-corrected chi connectivity index (χ0v) is 17.5. The van der Waals surface area contributed by atoms with Gasteiger partial charge in [-0.25, -0.2) is 9.18 Å². The fraction of sp³-hybridized carbons (Fsp3) is 0.391. The lowest BCUT2D eigenvalue weighted by Crippen LogP contribution is -2.43. The number of benzene rings is 2. The number of aryl methyl sites for hydroxylation is 1. The number of hydrogen-bond donors (Lipinski definition) is 2. The molecule has 30 heavy (non-hydrogen) atoms. The van der Waals surface area contributed by atoms with Crippen LogP contribution in [0.1, 0.15) is 18.4 Å². The van der Waals surface area contributed by atoms with E-state index in [4.69, 9.17) is 0 Å². The number of carbonyl (C=O) groups is 2. The van der Waals surface area contributed by atoms with Gasteiger partial charge in [0.05, 0.1) is 6.54 Å². The first-order chi connectivity index (χ1) is 14.4. The van der Waals surface area contributed by atoms with E-state index in [9.17, 15) is 14.0 Å². The lowest BCUT2D eigenvalue weighted by Gasteiger charge is -2.33. The molecule has 3 amide bonds. The molecule has 7 heteroatoms. The van der Waals surface area contributed by atoms with Gasteiger partial charge in [0.1, 0.15) is 5.82 Å². The van der Waals surface area contributed by atoms with E-state index in [1.807, 2.05) is 43.1 Å². The molecule has 1 aliphatic heterocycles. The third kappa shape index (κ3) is 6.29. The van der Waals surface area contributed by atoms with Crippen molar-refractivity contribution in [3.63, 3.8) is 0 Å². The Bertz CT molecular complexity index is 864. The summed E-state index contributed by atoms with van der Waals surface area (Å²) in [5.74, 6) is 0.0876. The Morgan fingerprint density at radius 2 is 1.73 bits per heavy atom. The number of carbonyl (C=O) groups excluding carboxylic acids is 2. The Balaban J connectivity index is 1.39. The molecule has 6 nitrogen and oxygen atoms in total. The molecule has 0 aliphatic carbocycles. The van der Waals surface area contributed by atoms with Gasteiger partial charge < -0.3 is 15.5 Å². The van der Waals surface area contributed by atoms with Gasteiger partial charge in [-0.15, -0.1) is 0 Å². The minimum atomic E-state index is -0.328. The lowest BCUT2D eigenvalue weighted by molar-refractivity contribution is -0.117. The second-order valence-corrected chi connectivity index (χ2v) is 7.93. The largest absolute Gasteiger partial charge is 0.325 e. The minimum Gasteiger partial charge on any atom is -0.325 e. The van der Waals surface area contributed by atoms with Crippen LogP contribution in [0.25, 0.3) is 0 Å². The average molecular weight is 413 g/mol. The molecule has 1 fully saturated rings. The molecule has 0 unspecified atom stereocenters. The van der Waals surface area contributed by atoms with Gasteiger partial charge in [0, 0.05) is 31.0 Å².